The van der Waals surface area contributed by atoms with E-state index in [2.05, 4.69) is 15.9 Å². The smallest absolute Gasteiger partial charge is 0.296 e. The summed E-state index contributed by atoms with van der Waals surface area (Å²) < 4.78 is 3.60. The van der Waals surface area contributed by atoms with Gasteiger partial charge in [0.05, 0.1) is 6.54 Å². The molecule has 0 amide bonds. The van der Waals surface area contributed by atoms with Crippen LogP contribution >= 0.6 is 15.9 Å². The normalized spacial score (nSPS) is 10.5. The molecule has 0 radical (unpaired) electrons. The zero-order chi connectivity index (χ0) is 12.4. The molecule has 5 heteroatoms. The Labute approximate surface area is 106 Å². The lowest BCUT2D eigenvalue weighted by Gasteiger charge is -2.06. The van der Waals surface area contributed by atoms with E-state index in [1.165, 1.54) is 23.9 Å². The van der Waals surface area contributed by atoms with Crippen molar-refractivity contribution in [3.8, 4) is 0 Å². The van der Waals surface area contributed by atoms with Gasteiger partial charge in [-0.1, -0.05) is 28.1 Å². The fourth-order valence-corrected chi connectivity index (χ4v) is 1.79. The van der Waals surface area contributed by atoms with Gasteiger partial charge in [0.15, 0.2) is 0 Å². The Balaban J connectivity index is 2.37. The van der Waals surface area contributed by atoms with Crippen molar-refractivity contribution in [1.29, 1.82) is 0 Å². The Kier molecular flexibility index (Phi) is 3.28. The first-order valence-corrected chi connectivity index (χ1v) is 5.88. The summed E-state index contributed by atoms with van der Waals surface area (Å²) in [4.78, 5) is 23.0. The van der Waals surface area contributed by atoms with Gasteiger partial charge >= 0.3 is 5.69 Å². The summed E-state index contributed by atoms with van der Waals surface area (Å²) in [6.45, 7) is 0.459. The standard InChI is InChI=1S/C12H11BrN2O2/c1-14-11(16)6-7-15(12(14)17)8-9-2-4-10(13)5-3-9/h2-7H,8H2,1H3. The van der Waals surface area contributed by atoms with Gasteiger partial charge in [0.2, 0.25) is 0 Å². The topological polar surface area (TPSA) is 44.0 Å². The summed E-state index contributed by atoms with van der Waals surface area (Å²) in [6, 6.07) is 9.09. The Morgan fingerprint density at radius 2 is 1.76 bits per heavy atom. The van der Waals surface area contributed by atoms with Crippen LogP contribution in [0.25, 0.3) is 0 Å². The maximum atomic E-state index is 11.8. The predicted octanol–water partition coefficient (Wildman–Crippen LogP) is 1.36. The lowest BCUT2D eigenvalue weighted by atomic mass is 10.2. The molecule has 2 rings (SSSR count). The molecule has 1 heterocycles. The van der Waals surface area contributed by atoms with Crippen molar-refractivity contribution in [2.45, 2.75) is 6.54 Å². The van der Waals surface area contributed by atoms with Gasteiger partial charge in [-0.2, -0.15) is 0 Å². The van der Waals surface area contributed by atoms with E-state index in [0.29, 0.717) is 6.54 Å². The molecule has 0 fully saturated rings. The molecule has 0 N–H and O–H groups in total. The van der Waals surface area contributed by atoms with Gasteiger partial charge in [0.1, 0.15) is 0 Å². The van der Waals surface area contributed by atoms with E-state index in [4.69, 9.17) is 0 Å². The first-order chi connectivity index (χ1) is 8.08. The molecule has 17 heavy (non-hydrogen) atoms. The number of aromatic nitrogens is 2. The molecule has 0 saturated carbocycles. The molecule has 0 spiro atoms. The third-order valence-corrected chi connectivity index (χ3v) is 3.06. The molecule has 0 aliphatic carbocycles. The monoisotopic (exact) mass is 294 g/mol. The van der Waals surface area contributed by atoms with Crippen molar-refractivity contribution in [2.75, 3.05) is 0 Å². The summed E-state index contributed by atoms with van der Waals surface area (Å²) in [6.07, 6.45) is 1.52. The van der Waals surface area contributed by atoms with Crippen LogP contribution in [0.5, 0.6) is 0 Å². The quantitative estimate of drug-likeness (QED) is 0.839. The number of rotatable bonds is 2. The fraction of sp³-hybridized carbons (Fsp3) is 0.167. The van der Waals surface area contributed by atoms with Crippen molar-refractivity contribution < 1.29 is 0 Å². The molecular weight excluding hydrogens is 284 g/mol. The lowest BCUT2D eigenvalue weighted by Crippen LogP contribution is -2.37. The van der Waals surface area contributed by atoms with Gasteiger partial charge in [-0.05, 0) is 17.7 Å². The third-order valence-electron chi connectivity index (χ3n) is 2.53. The second kappa shape index (κ2) is 4.71. The minimum atomic E-state index is -0.305. The highest BCUT2D eigenvalue weighted by Gasteiger charge is 2.01. The van der Waals surface area contributed by atoms with Gasteiger partial charge in [0, 0.05) is 23.8 Å². The van der Waals surface area contributed by atoms with Gasteiger partial charge in [0.25, 0.3) is 5.56 Å². The molecule has 2 aromatic rings. The molecule has 0 bridgehead atoms. The average molecular weight is 295 g/mol. The van der Waals surface area contributed by atoms with E-state index in [0.717, 1.165) is 14.6 Å². The molecular formula is C12H11BrN2O2. The van der Waals surface area contributed by atoms with Crippen molar-refractivity contribution in [2.24, 2.45) is 7.05 Å². The summed E-state index contributed by atoms with van der Waals surface area (Å²) in [5, 5.41) is 0. The average Bonchev–Trinajstić information content (AvgIpc) is 2.33. The van der Waals surface area contributed by atoms with Crippen molar-refractivity contribution in [1.82, 2.24) is 9.13 Å². The number of hydrogen-bond acceptors (Lipinski definition) is 2. The van der Waals surface area contributed by atoms with E-state index in [1.807, 2.05) is 24.3 Å². The van der Waals surface area contributed by atoms with Crippen LogP contribution in [0.3, 0.4) is 0 Å². The molecule has 1 aromatic heterocycles. The number of hydrogen-bond donors (Lipinski definition) is 0. The first-order valence-electron chi connectivity index (χ1n) is 5.09. The zero-order valence-corrected chi connectivity index (χ0v) is 10.8. The number of nitrogens with zero attached hydrogens (tertiary/aromatic N) is 2. The number of benzene rings is 1. The molecule has 88 valence electrons. The maximum Gasteiger partial charge on any atom is 0.331 e. The Hall–Kier alpha value is -1.62. The second-order valence-corrected chi connectivity index (χ2v) is 4.67. The van der Waals surface area contributed by atoms with Crippen LogP contribution in [0, 0.1) is 0 Å². The Morgan fingerprint density at radius 3 is 2.41 bits per heavy atom. The summed E-state index contributed by atoms with van der Waals surface area (Å²) in [5.74, 6) is 0. The zero-order valence-electron chi connectivity index (χ0n) is 9.26. The Bertz CT molecular complexity index is 641. The van der Waals surface area contributed by atoms with Crippen LogP contribution in [0.1, 0.15) is 5.56 Å². The first kappa shape index (κ1) is 11.9. The molecule has 0 unspecified atom stereocenters. The van der Waals surface area contributed by atoms with E-state index in [-0.39, 0.29) is 11.2 Å². The SMILES string of the molecule is Cn1c(=O)ccn(Cc2ccc(Br)cc2)c1=O. The minimum absolute atomic E-state index is 0.290. The van der Waals surface area contributed by atoms with Crippen molar-refractivity contribution in [3.63, 3.8) is 0 Å². The summed E-state index contributed by atoms with van der Waals surface area (Å²) in [7, 11) is 1.47. The van der Waals surface area contributed by atoms with Crippen LogP contribution in [-0.2, 0) is 13.6 Å². The van der Waals surface area contributed by atoms with E-state index < -0.39 is 0 Å². The fourth-order valence-electron chi connectivity index (χ4n) is 1.52. The summed E-state index contributed by atoms with van der Waals surface area (Å²) in [5.41, 5.74) is 0.413. The lowest BCUT2D eigenvalue weighted by molar-refractivity contribution is 0.645. The minimum Gasteiger partial charge on any atom is -0.296 e. The molecule has 0 atom stereocenters. The van der Waals surface area contributed by atoms with E-state index >= 15 is 0 Å². The van der Waals surface area contributed by atoms with Crippen molar-refractivity contribution >= 4 is 15.9 Å². The summed E-state index contributed by atoms with van der Waals surface area (Å²) >= 11 is 3.35. The van der Waals surface area contributed by atoms with Gasteiger partial charge in [-0.15, -0.1) is 0 Å². The number of halogens is 1. The Morgan fingerprint density at radius 1 is 1.12 bits per heavy atom. The van der Waals surface area contributed by atoms with Gasteiger partial charge in [-0.3, -0.25) is 13.9 Å². The van der Waals surface area contributed by atoms with Crippen LogP contribution in [0.2, 0.25) is 0 Å². The highest BCUT2D eigenvalue weighted by Crippen LogP contribution is 2.10. The highest BCUT2D eigenvalue weighted by atomic mass is 79.9. The molecule has 0 saturated heterocycles. The maximum absolute atomic E-state index is 11.8. The highest BCUT2D eigenvalue weighted by molar-refractivity contribution is 9.10. The van der Waals surface area contributed by atoms with Gasteiger partial charge < -0.3 is 0 Å². The van der Waals surface area contributed by atoms with Crippen LogP contribution in [0.15, 0.2) is 50.6 Å². The molecule has 0 aliphatic rings. The second-order valence-electron chi connectivity index (χ2n) is 3.75. The van der Waals surface area contributed by atoms with Crippen LogP contribution < -0.4 is 11.2 Å². The molecule has 0 aliphatic heterocycles. The third kappa shape index (κ3) is 2.55. The van der Waals surface area contributed by atoms with E-state index in [1.54, 1.807) is 0 Å². The van der Waals surface area contributed by atoms with Crippen LogP contribution in [0.4, 0.5) is 0 Å². The molecule has 4 nitrogen and oxygen atoms in total. The van der Waals surface area contributed by atoms with E-state index in [9.17, 15) is 9.59 Å². The molecule has 1 aromatic carbocycles. The van der Waals surface area contributed by atoms with Crippen LogP contribution in [-0.4, -0.2) is 9.13 Å². The van der Waals surface area contributed by atoms with Crippen molar-refractivity contribution in [3.05, 3.63) is 67.4 Å². The van der Waals surface area contributed by atoms with Gasteiger partial charge in [-0.25, -0.2) is 4.79 Å². The largest absolute Gasteiger partial charge is 0.331 e. The predicted molar refractivity (Wildman–Crippen MR) is 69.2 cm³/mol.